The van der Waals surface area contributed by atoms with Gasteiger partial charge in [-0.25, -0.2) is 0 Å². The van der Waals surface area contributed by atoms with Crippen molar-refractivity contribution in [2.24, 2.45) is 0 Å². The number of aliphatic hydroxyl groups excluding tert-OH is 2. The maximum atomic E-state index is 12.5. The summed E-state index contributed by atoms with van der Waals surface area (Å²) in [6.45, 7) is 4.87. The fraction of sp³-hybridized carbons (Fsp3) is 0.833. The highest BCUT2D eigenvalue weighted by Gasteiger charge is 2.20. The third kappa shape index (κ3) is 51.2. The predicted molar refractivity (Wildman–Crippen MR) is 287 cm³/mol. The highest BCUT2D eigenvalue weighted by molar-refractivity contribution is 5.76. The summed E-state index contributed by atoms with van der Waals surface area (Å²) in [7, 11) is 0. The first-order chi connectivity index (χ1) is 32.5. The lowest BCUT2D eigenvalue weighted by atomic mass is 10.0. The Morgan fingerprint density at radius 2 is 0.788 bits per heavy atom. The zero-order chi connectivity index (χ0) is 47.9. The number of ether oxygens (including phenoxy) is 1. The number of rotatable bonds is 53. The van der Waals surface area contributed by atoms with Crippen LogP contribution in [0.4, 0.5) is 0 Å². The van der Waals surface area contributed by atoms with Gasteiger partial charge in [0.15, 0.2) is 0 Å². The van der Waals surface area contributed by atoms with Gasteiger partial charge in [-0.05, 0) is 83.5 Å². The summed E-state index contributed by atoms with van der Waals surface area (Å²) >= 11 is 0. The molecule has 0 aromatic heterocycles. The van der Waals surface area contributed by atoms with E-state index in [4.69, 9.17) is 4.74 Å². The minimum absolute atomic E-state index is 0.00889. The minimum Gasteiger partial charge on any atom is -0.466 e. The average molecular weight is 927 g/mol. The molecule has 1 amide bonds. The molecule has 0 heterocycles. The van der Waals surface area contributed by atoms with Crippen molar-refractivity contribution in [3.05, 3.63) is 48.6 Å². The largest absolute Gasteiger partial charge is 0.466 e. The Balaban J connectivity index is 3.46. The molecule has 0 aliphatic heterocycles. The van der Waals surface area contributed by atoms with Crippen molar-refractivity contribution >= 4 is 11.9 Å². The topological polar surface area (TPSA) is 95.9 Å². The number of carbonyl (C=O) groups excluding carboxylic acids is 2. The fourth-order valence-corrected chi connectivity index (χ4v) is 8.65. The fourth-order valence-electron chi connectivity index (χ4n) is 8.65. The second-order valence-corrected chi connectivity index (χ2v) is 19.6. The molecule has 2 atom stereocenters. The Bertz CT molecular complexity index is 1110. The summed E-state index contributed by atoms with van der Waals surface area (Å²) in [6, 6.07) is -0.549. The van der Waals surface area contributed by atoms with Crippen LogP contribution < -0.4 is 5.32 Å². The van der Waals surface area contributed by atoms with Crippen molar-refractivity contribution in [1.29, 1.82) is 0 Å². The molecule has 0 saturated carbocycles. The standard InChI is InChI=1S/C60H111NO5/c1-3-5-7-9-11-13-15-28-32-36-40-44-48-52-58(63)57(56-62)61-59(64)53-49-45-41-37-33-30-26-24-22-20-18-17-19-21-23-25-27-31-35-39-43-47-51-55-66-60(65)54-50-46-42-38-34-29-16-14-12-10-8-6-4-2/h8,10,14,16-17,19-20,22,57-58,62-63H,3-7,9,11-13,15,18,21,23-56H2,1-2H3,(H,61,64)/b10-8-,16-14-,19-17-,22-20-. The number of aliphatic hydroxyl groups is 2. The van der Waals surface area contributed by atoms with Crippen molar-refractivity contribution in [2.75, 3.05) is 13.2 Å². The second-order valence-electron chi connectivity index (χ2n) is 19.6. The highest BCUT2D eigenvalue weighted by atomic mass is 16.5. The van der Waals surface area contributed by atoms with Gasteiger partial charge >= 0.3 is 5.97 Å². The van der Waals surface area contributed by atoms with E-state index in [1.807, 2.05) is 0 Å². The van der Waals surface area contributed by atoms with Crippen LogP contribution in [0, 0.1) is 0 Å². The highest BCUT2D eigenvalue weighted by Crippen LogP contribution is 2.16. The summed E-state index contributed by atoms with van der Waals surface area (Å²) < 4.78 is 5.46. The van der Waals surface area contributed by atoms with Crippen LogP contribution in [0.15, 0.2) is 48.6 Å². The normalized spacial score (nSPS) is 13.0. The van der Waals surface area contributed by atoms with Gasteiger partial charge in [0.25, 0.3) is 0 Å². The van der Waals surface area contributed by atoms with Crippen LogP contribution in [-0.2, 0) is 14.3 Å². The molecule has 0 fully saturated rings. The smallest absolute Gasteiger partial charge is 0.305 e. The van der Waals surface area contributed by atoms with E-state index in [2.05, 4.69) is 67.8 Å². The van der Waals surface area contributed by atoms with E-state index in [1.54, 1.807) is 0 Å². The van der Waals surface area contributed by atoms with Crippen molar-refractivity contribution in [3.8, 4) is 0 Å². The average Bonchev–Trinajstić information content (AvgIpc) is 3.32. The second kappa shape index (κ2) is 55.4. The molecule has 0 rings (SSSR count). The molecular weight excluding hydrogens is 815 g/mol. The van der Waals surface area contributed by atoms with Crippen LogP contribution in [0.5, 0.6) is 0 Å². The van der Waals surface area contributed by atoms with Gasteiger partial charge in [0.2, 0.25) is 5.91 Å². The number of unbranched alkanes of at least 4 members (excludes halogenated alkanes) is 34. The molecule has 0 aliphatic carbocycles. The lowest BCUT2D eigenvalue weighted by molar-refractivity contribution is -0.143. The monoisotopic (exact) mass is 926 g/mol. The first-order valence-corrected chi connectivity index (χ1v) is 28.9. The molecule has 0 spiro atoms. The van der Waals surface area contributed by atoms with Crippen LogP contribution in [-0.4, -0.2) is 47.4 Å². The van der Waals surface area contributed by atoms with Crippen LogP contribution in [0.2, 0.25) is 0 Å². The van der Waals surface area contributed by atoms with E-state index in [-0.39, 0.29) is 18.5 Å². The van der Waals surface area contributed by atoms with E-state index < -0.39 is 12.1 Å². The van der Waals surface area contributed by atoms with Crippen molar-refractivity contribution in [2.45, 2.75) is 309 Å². The quantitative estimate of drug-likeness (QED) is 0.0321. The van der Waals surface area contributed by atoms with Crippen LogP contribution >= 0.6 is 0 Å². The maximum Gasteiger partial charge on any atom is 0.305 e. The molecule has 6 heteroatoms. The summed E-state index contributed by atoms with van der Waals surface area (Å²) in [5.41, 5.74) is 0. The molecule has 0 saturated heterocycles. The summed E-state index contributed by atoms with van der Waals surface area (Å²) in [4.78, 5) is 24.5. The summed E-state index contributed by atoms with van der Waals surface area (Å²) in [6.07, 6.45) is 69.6. The predicted octanol–water partition coefficient (Wildman–Crippen LogP) is 17.8. The van der Waals surface area contributed by atoms with Crippen molar-refractivity contribution < 1.29 is 24.5 Å². The number of nitrogens with one attached hydrogen (secondary N) is 1. The van der Waals surface area contributed by atoms with Gasteiger partial charge in [-0.2, -0.15) is 0 Å². The number of hydrogen-bond acceptors (Lipinski definition) is 5. The Hall–Kier alpha value is -2.18. The van der Waals surface area contributed by atoms with E-state index in [0.29, 0.717) is 25.9 Å². The molecule has 0 aromatic carbocycles. The molecule has 0 radical (unpaired) electrons. The molecule has 3 N–H and O–H groups in total. The van der Waals surface area contributed by atoms with Gasteiger partial charge in [0.05, 0.1) is 25.4 Å². The number of amides is 1. The molecule has 6 nitrogen and oxygen atoms in total. The first kappa shape index (κ1) is 63.8. The third-order valence-electron chi connectivity index (χ3n) is 13.1. The van der Waals surface area contributed by atoms with Crippen LogP contribution in [0.3, 0.4) is 0 Å². The Morgan fingerprint density at radius 1 is 0.424 bits per heavy atom. The number of carbonyl (C=O) groups is 2. The van der Waals surface area contributed by atoms with Crippen LogP contribution in [0.1, 0.15) is 296 Å². The first-order valence-electron chi connectivity index (χ1n) is 28.9. The SMILES string of the molecule is CCC/C=C\C/C=C\CCCCCCCC(=O)OCCCCCCCCCCC/C=C\C/C=C\CCCCCCCCCC(=O)NC(CO)C(O)CCCCCCCCCCCCCCC. The van der Waals surface area contributed by atoms with E-state index in [0.717, 1.165) is 70.6 Å². The van der Waals surface area contributed by atoms with E-state index in [9.17, 15) is 19.8 Å². The van der Waals surface area contributed by atoms with Gasteiger partial charge in [0, 0.05) is 12.8 Å². The van der Waals surface area contributed by atoms with Gasteiger partial charge < -0.3 is 20.3 Å². The molecule has 66 heavy (non-hydrogen) atoms. The number of allylic oxidation sites excluding steroid dienone is 8. The molecular formula is C60H111NO5. The summed E-state index contributed by atoms with van der Waals surface area (Å²) in [5.74, 6) is -0.0550. The lowest BCUT2D eigenvalue weighted by Gasteiger charge is -2.22. The zero-order valence-electron chi connectivity index (χ0n) is 43.9. The van der Waals surface area contributed by atoms with Gasteiger partial charge in [-0.1, -0.05) is 249 Å². The molecule has 0 aliphatic rings. The molecule has 0 aromatic rings. The minimum atomic E-state index is -0.671. The summed E-state index contributed by atoms with van der Waals surface area (Å²) in [5, 5.41) is 23.2. The van der Waals surface area contributed by atoms with E-state index >= 15 is 0 Å². The van der Waals surface area contributed by atoms with E-state index in [1.165, 1.54) is 193 Å². The van der Waals surface area contributed by atoms with Gasteiger partial charge in [-0.3, -0.25) is 9.59 Å². The molecule has 0 bridgehead atoms. The maximum absolute atomic E-state index is 12.5. The van der Waals surface area contributed by atoms with Gasteiger partial charge in [0.1, 0.15) is 0 Å². The number of hydrogen-bond donors (Lipinski definition) is 3. The Morgan fingerprint density at radius 3 is 1.21 bits per heavy atom. The zero-order valence-corrected chi connectivity index (χ0v) is 43.9. The Labute approximate surface area is 410 Å². The third-order valence-corrected chi connectivity index (χ3v) is 13.1. The van der Waals surface area contributed by atoms with Crippen molar-refractivity contribution in [3.63, 3.8) is 0 Å². The van der Waals surface area contributed by atoms with Crippen molar-refractivity contribution in [1.82, 2.24) is 5.32 Å². The number of esters is 1. The van der Waals surface area contributed by atoms with Gasteiger partial charge in [-0.15, -0.1) is 0 Å². The lowest BCUT2D eigenvalue weighted by Crippen LogP contribution is -2.45. The van der Waals surface area contributed by atoms with Crippen LogP contribution in [0.25, 0.3) is 0 Å². The molecule has 386 valence electrons. The Kier molecular flexibility index (Phi) is 53.6. The molecule has 2 unspecified atom stereocenters.